The minimum Gasteiger partial charge on any atom is -0.321 e. The molecule has 0 atom stereocenters. The lowest BCUT2D eigenvalue weighted by molar-refractivity contribution is 0.768. The second-order valence-electron chi connectivity index (χ2n) is 3.22. The Morgan fingerprint density at radius 1 is 1.36 bits per heavy atom. The first-order valence-electron chi connectivity index (χ1n) is 4.58. The van der Waals surface area contributed by atoms with Crippen LogP contribution in [0, 0.1) is 0 Å². The first kappa shape index (κ1) is 8.87. The molecule has 0 radical (unpaired) electrons. The van der Waals surface area contributed by atoms with E-state index < -0.39 is 0 Å². The Hall–Kier alpha value is -1.71. The molecule has 0 saturated heterocycles. The fourth-order valence-electron chi connectivity index (χ4n) is 1.34. The van der Waals surface area contributed by atoms with Gasteiger partial charge in [-0.1, -0.05) is 6.07 Å². The quantitative estimate of drug-likeness (QED) is 0.721. The molecule has 0 aliphatic carbocycles. The van der Waals surface area contributed by atoms with Crippen molar-refractivity contribution in [2.45, 2.75) is 12.8 Å². The van der Waals surface area contributed by atoms with E-state index in [1.165, 1.54) is 5.56 Å². The maximum Gasteiger partial charge on any atom is 0.132 e. The van der Waals surface area contributed by atoms with Crippen molar-refractivity contribution >= 4 is 0 Å². The Morgan fingerprint density at radius 3 is 2.93 bits per heavy atom. The predicted octanol–water partition coefficient (Wildman–Crippen LogP) is 0.995. The molecule has 0 aliphatic rings. The number of aryl methyl sites for hydroxylation is 3. The lowest BCUT2D eigenvalue weighted by atomic mass is 10.1. The molecule has 0 unspecified atom stereocenters. The molecule has 0 N–H and O–H groups in total. The van der Waals surface area contributed by atoms with E-state index in [1.807, 2.05) is 23.9 Å². The van der Waals surface area contributed by atoms with Gasteiger partial charge in [0.15, 0.2) is 0 Å². The van der Waals surface area contributed by atoms with Crippen molar-refractivity contribution in [3.8, 4) is 0 Å². The molecule has 4 heteroatoms. The van der Waals surface area contributed by atoms with Gasteiger partial charge in [-0.25, -0.2) is 0 Å². The Labute approximate surface area is 82.6 Å². The van der Waals surface area contributed by atoms with E-state index in [0.717, 1.165) is 18.7 Å². The summed E-state index contributed by atoms with van der Waals surface area (Å²) in [7, 11) is 1.96. The molecule has 0 saturated carbocycles. The molecular formula is C10H12N4. The molecular weight excluding hydrogens is 176 g/mol. The molecule has 0 bridgehead atoms. The largest absolute Gasteiger partial charge is 0.321 e. The molecule has 14 heavy (non-hydrogen) atoms. The summed E-state index contributed by atoms with van der Waals surface area (Å²) in [5.74, 6) is 1.01. The van der Waals surface area contributed by atoms with Gasteiger partial charge in [-0.05, 0) is 18.1 Å². The van der Waals surface area contributed by atoms with Crippen LogP contribution in [0.15, 0.2) is 30.9 Å². The standard InChI is InChI=1S/C10H12N4/c1-14-8-12-13-10(14)5-4-9-3-2-6-11-7-9/h2-3,6-8H,4-5H2,1H3. The molecule has 0 aliphatic heterocycles. The average Bonchev–Trinajstić information content (AvgIpc) is 2.63. The Bertz CT molecular complexity index is 394. The highest BCUT2D eigenvalue weighted by Gasteiger charge is 2.00. The highest BCUT2D eigenvalue weighted by atomic mass is 15.2. The minimum absolute atomic E-state index is 0.905. The van der Waals surface area contributed by atoms with Gasteiger partial charge in [-0.3, -0.25) is 4.98 Å². The first-order chi connectivity index (χ1) is 6.86. The Balaban J connectivity index is 1.99. The third kappa shape index (κ3) is 1.96. The van der Waals surface area contributed by atoms with Crippen molar-refractivity contribution in [1.29, 1.82) is 0 Å². The van der Waals surface area contributed by atoms with E-state index >= 15 is 0 Å². The molecule has 4 nitrogen and oxygen atoms in total. The number of nitrogens with zero attached hydrogens (tertiary/aromatic N) is 4. The number of pyridine rings is 1. The van der Waals surface area contributed by atoms with E-state index in [-0.39, 0.29) is 0 Å². The van der Waals surface area contributed by atoms with Crippen LogP contribution in [0.1, 0.15) is 11.4 Å². The van der Waals surface area contributed by atoms with Crippen LogP contribution in [-0.4, -0.2) is 19.7 Å². The van der Waals surface area contributed by atoms with Gasteiger partial charge in [0, 0.05) is 25.9 Å². The molecule has 0 amide bonds. The van der Waals surface area contributed by atoms with Crippen LogP contribution in [0.2, 0.25) is 0 Å². The Morgan fingerprint density at radius 2 is 2.29 bits per heavy atom. The van der Waals surface area contributed by atoms with Crippen LogP contribution < -0.4 is 0 Å². The third-order valence-electron chi connectivity index (χ3n) is 2.17. The van der Waals surface area contributed by atoms with Crippen LogP contribution in [-0.2, 0) is 19.9 Å². The van der Waals surface area contributed by atoms with Crippen LogP contribution in [0.5, 0.6) is 0 Å². The van der Waals surface area contributed by atoms with E-state index in [2.05, 4.69) is 21.2 Å². The molecule has 2 aromatic heterocycles. The van der Waals surface area contributed by atoms with E-state index in [0.29, 0.717) is 0 Å². The minimum atomic E-state index is 0.905. The lowest BCUT2D eigenvalue weighted by Crippen LogP contribution is -1.99. The van der Waals surface area contributed by atoms with E-state index in [1.54, 1.807) is 12.5 Å². The first-order valence-corrected chi connectivity index (χ1v) is 4.58. The predicted molar refractivity (Wildman–Crippen MR) is 52.6 cm³/mol. The zero-order valence-corrected chi connectivity index (χ0v) is 8.09. The topological polar surface area (TPSA) is 43.6 Å². The van der Waals surface area contributed by atoms with Crippen molar-refractivity contribution in [2.24, 2.45) is 7.05 Å². The van der Waals surface area contributed by atoms with Gasteiger partial charge in [-0.15, -0.1) is 10.2 Å². The van der Waals surface area contributed by atoms with E-state index in [9.17, 15) is 0 Å². The summed E-state index contributed by atoms with van der Waals surface area (Å²) in [5, 5.41) is 7.85. The van der Waals surface area contributed by atoms with Crippen molar-refractivity contribution in [1.82, 2.24) is 19.7 Å². The van der Waals surface area contributed by atoms with Crippen molar-refractivity contribution in [3.63, 3.8) is 0 Å². The second-order valence-corrected chi connectivity index (χ2v) is 3.22. The SMILES string of the molecule is Cn1cnnc1CCc1cccnc1. The maximum absolute atomic E-state index is 4.06. The number of hydrogen-bond donors (Lipinski definition) is 0. The van der Waals surface area contributed by atoms with Gasteiger partial charge in [0.25, 0.3) is 0 Å². The van der Waals surface area contributed by atoms with Gasteiger partial charge in [0.05, 0.1) is 0 Å². The van der Waals surface area contributed by atoms with Crippen molar-refractivity contribution in [3.05, 3.63) is 42.2 Å². The summed E-state index contributed by atoms with van der Waals surface area (Å²) in [6.07, 6.45) is 7.25. The summed E-state index contributed by atoms with van der Waals surface area (Å²) < 4.78 is 1.94. The van der Waals surface area contributed by atoms with E-state index in [4.69, 9.17) is 0 Å². The smallest absolute Gasteiger partial charge is 0.132 e. The highest BCUT2D eigenvalue weighted by molar-refractivity contribution is 5.09. The molecule has 0 aromatic carbocycles. The highest BCUT2D eigenvalue weighted by Crippen LogP contribution is 2.02. The second kappa shape index (κ2) is 4.00. The molecule has 0 spiro atoms. The van der Waals surface area contributed by atoms with Crippen molar-refractivity contribution in [2.75, 3.05) is 0 Å². The van der Waals surface area contributed by atoms with Crippen LogP contribution >= 0.6 is 0 Å². The Kier molecular flexibility index (Phi) is 2.53. The summed E-state index contributed by atoms with van der Waals surface area (Å²) in [4.78, 5) is 4.06. The molecule has 2 rings (SSSR count). The summed E-state index contributed by atoms with van der Waals surface area (Å²) in [5.41, 5.74) is 1.23. The van der Waals surface area contributed by atoms with Gasteiger partial charge < -0.3 is 4.57 Å². The maximum atomic E-state index is 4.06. The molecule has 2 heterocycles. The monoisotopic (exact) mass is 188 g/mol. The van der Waals surface area contributed by atoms with Gasteiger partial charge >= 0.3 is 0 Å². The van der Waals surface area contributed by atoms with Crippen LogP contribution in [0.25, 0.3) is 0 Å². The number of rotatable bonds is 3. The molecule has 2 aromatic rings. The fourth-order valence-corrected chi connectivity index (χ4v) is 1.34. The summed E-state index contributed by atoms with van der Waals surface area (Å²) in [6.45, 7) is 0. The molecule has 0 fully saturated rings. The van der Waals surface area contributed by atoms with Crippen LogP contribution in [0.4, 0.5) is 0 Å². The lowest BCUT2D eigenvalue weighted by Gasteiger charge is -1.99. The summed E-state index contributed by atoms with van der Waals surface area (Å²) >= 11 is 0. The van der Waals surface area contributed by atoms with Crippen molar-refractivity contribution < 1.29 is 0 Å². The zero-order valence-electron chi connectivity index (χ0n) is 8.09. The zero-order chi connectivity index (χ0) is 9.80. The number of hydrogen-bond acceptors (Lipinski definition) is 3. The van der Waals surface area contributed by atoms with Gasteiger partial charge in [0.2, 0.25) is 0 Å². The fraction of sp³-hybridized carbons (Fsp3) is 0.300. The van der Waals surface area contributed by atoms with Gasteiger partial charge in [0.1, 0.15) is 12.2 Å². The van der Waals surface area contributed by atoms with Crippen LogP contribution in [0.3, 0.4) is 0 Å². The molecule has 72 valence electrons. The normalized spacial score (nSPS) is 10.4. The van der Waals surface area contributed by atoms with Gasteiger partial charge in [-0.2, -0.15) is 0 Å². The third-order valence-corrected chi connectivity index (χ3v) is 2.17. The number of aromatic nitrogens is 4. The summed E-state index contributed by atoms with van der Waals surface area (Å²) in [6, 6.07) is 4.02. The average molecular weight is 188 g/mol.